The summed E-state index contributed by atoms with van der Waals surface area (Å²) in [6, 6.07) is 16.3. The summed E-state index contributed by atoms with van der Waals surface area (Å²) < 4.78 is 1.97. The number of imidazole rings is 1. The first-order valence-corrected chi connectivity index (χ1v) is 11.9. The van der Waals surface area contributed by atoms with E-state index >= 15 is 0 Å². The van der Waals surface area contributed by atoms with E-state index in [-0.39, 0.29) is 5.91 Å². The molecule has 33 heavy (non-hydrogen) atoms. The van der Waals surface area contributed by atoms with Crippen LogP contribution in [0.5, 0.6) is 0 Å². The van der Waals surface area contributed by atoms with Crippen LogP contribution in [0.4, 0.5) is 0 Å². The van der Waals surface area contributed by atoms with E-state index < -0.39 is 6.04 Å². The fourth-order valence-electron chi connectivity index (χ4n) is 3.87. The fraction of sp³-hybridized carbons (Fsp3) is 0.240. The normalized spacial score (nSPS) is 12.1. The molecule has 0 aliphatic rings. The maximum Gasteiger partial charge on any atom is 0.243 e. The number of amides is 1. The number of fused-ring (bicyclic) bond motifs is 1. The standard InChI is InChI=1S/C25H23Cl3N4O/c1-2-7-22(25(33)30-15-17-9-5-6-11-29-17)32-23-14-20(28)19(27)13-21(23)31-24(32)12-16-8-3-4-10-18(16)26/h3-6,8-11,13-14,22H,2,7,12,15H2,1H3,(H,30,33)/t22-/m0/s1. The molecule has 0 radical (unpaired) electrons. The summed E-state index contributed by atoms with van der Waals surface area (Å²) in [6.07, 6.45) is 3.63. The molecule has 4 rings (SSSR count). The summed E-state index contributed by atoms with van der Waals surface area (Å²) in [5, 5.41) is 4.52. The first kappa shape index (κ1) is 23.6. The molecule has 2 heterocycles. The summed E-state index contributed by atoms with van der Waals surface area (Å²) >= 11 is 19.1. The number of hydrogen-bond donors (Lipinski definition) is 1. The number of rotatable bonds is 8. The van der Waals surface area contributed by atoms with Gasteiger partial charge in [-0.05, 0) is 42.3 Å². The molecule has 0 aliphatic heterocycles. The molecule has 0 spiro atoms. The molecule has 0 fully saturated rings. The number of carbonyl (C=O) groups excluding carboxylic acids is 1. The first-order valence-electron chi connectivity index (χ1n) is 10.7. The van der Waals surface area contributed by atoms with Crippen molar-refractivity contribution in [2.24, 2.45) is 0 Å². The smallest absolute Gasteiger partial charge is 0.243 e. The highest BCUT2D eigenvalue weighted by Gasteiger charge is 2.26. The molecule has 0 saturated carbocycles. The van der Waals surface area contributed by atoms with E-state index in [1.807, 2.05) is 47.0 Å². The van der Waals surface area contributed by atoms with Gasteiger partial charge in [0.05, 0.1) is 33.3 Å². The summed E-state index contributed by atoms with van der Waals surface area (Å²) in [5.41, 5.74) is 3.17. The molecule has 1 amide bonds. The van der Waals surface area contributed by atoms with Gasteiger partial charge in [-0.3, -0.25) is 9.78 Å². The van der Waals surface area contributed by atoms with Gasteiger partial charge in [-0.2, -0.15) is 0 Å². The Labute approximate surface area is 207 Å². The summed E-state index contributed by atoms with van der Waals surface area (Å²) in [5.74, 6) is 0.621. The molecule has 8 heteroatoms. The van der Waals surface area contributed by atoms with Crippen LogP contribution in [-0.2, 0) is 17.8 Å². The molecular weight excluding hydrogens is 479 g/mol. The first-order chi connectivity index (χ1) is 16.0. The molecule has 1 atom stereocenters. The molecule has 5 nitrogen and oxygen atoms in total. The van der Waals surface area contributed by atoms with Crippen molar-refractivity contribution in [1.29, 1.82) is 0 Å². The second kappa shape index (κ2) is 10.6. The number of nitrogens with one attached hydrogen (secondary N) is 1. The molecule has 0 unspecified atom stereocenters. The van der Waals surface area contributed by atoms with Gasteiger partial charge in [0.2, 0.25) is 5.91 Å². The van der Waals surface area contributed by atoms with Crippen molar-refractivity contribution in [3.05, 3.63) is 92.9 Å². The lowest BCUT2D eigenvalue weighted by molar-refractivity contribution is -0.124. The van der Waals surface area contributed by atoms with Crippen molar-refractivity contribution in [3.8, 4) is 0 Å². The fourth-order valence-corrected chi connectivity index (χ4v) is 4.39. The molecule has 170 valence electrons. The van der Waals surface area contributed by atoms with Crippen molar-refractivity contribution in [3.63, 3.8) is 0 Å². The van der Waals surface area contributed by atoms with E-state index in [2.05, 4.69) is 17.2 Å². The molecule has 2 aromatic heterocycles. The Bertz CT molecular complexity index is 1270. The van der Waals surface area contributed by atoms with Gasteiger partial charge in [0, 0.05) is 17.6 Å². The Balaban J connectivity index is 1.76. The number of carbonyl (C=O) groups is 1. The lowest BCUT2D eigenvalue weighted by atomic mass is 10.1. The topological polar surface area (TPSA) is 59.8 Å². The molecule has 0 bridgehead atoms. The van der Waals surface area contributed by atoms with Crippen LogP contribution in [0.3, 0.4) is 0 Å². The van der Waals surface area contributed by atoms with E-state index in [1.165, 1.54) is 0 Å². The maximum atomic E-state index is 13.4. The maximum absolute atomic E-state index is 13.4. The highest BCUT2D eigenvalue weighted by atomic mass is 35.5. The quantitative estimate of drug-likeness (QED) is 0.294. The Morgan fingerprint density at radius 3 is 2.52 bits per heavy atom. The Morgan fingerprint density at radius 1 is 1.03 bits per heavy atom. The van der Waals surface area contributed by atoms with Gasteiger partial charge in [0.1, 0.15) is 11.9 Å². The van der Waals surface area contributed by atoms with Gasteiger partial charge in [0.15, 0.2) is 0 Å². The van der Waals surface area contributed by atoms with Gasteiger partial charge in [0.25, 0.3) is 0 Å². The van der Waals surface area contributed by atoms with Crippen molar-refractivity contribution in [1.82, 2.24) is 19.9 Å². The second-order valence-corrected chi connectivity index (χ2v) is 8.99. The number of hydrogen-bond acceptors (Lipinski definition) is 3. The lowest BCUT2D eigenvalue weighted by Gasteiger charge is -2.21. The summed E-state index contributed by atoms with van der Waals surface area (Å²) in [4.78, 5) is 22.5. The van der Waals surface area contributed by atoms with Crippen LogP contribution in [0, 0.1) is 0 Å². The van der Waals surface area contributed by atoms with Crippen LogP contribution >= 0.6 is 34.8 Å². The van der Waals surface area contributed by atoms with Crippen molar-refractivity contribution in [2.75, 3.05) is 0 Å². The Kier molecular flexibility index (Phi) is 7.53. The predicted molar refractivity (Wildman–Crippen MR) is 134 cm³/mol. The monoisotopic (exact) mass is 500 g/mol. The van der Waals surface area contributed by atoms with Crippen molar-refractivity contribution >= 4 is 51.7 Å². The van der Waals surface area contributed by atoms with E-state index in [0.29, 0.717) is 40.0 Å². The van der Waals surface area contributed by atoms with Gasteiger partial charge in [-0.25, -0.2) is 4.98 Å². The van der Waals surface area contributed by atoms with Gasteiger partial charge < -0.3 is 9.88 Å². The Morgan fingerprint density at radius 2 is 1.79 bits per heavy atom. The lowest BCUT2D eigenvalue weighted by Crippen LogP contribution is -2.33. The zero-order valence-corrected chi connectivity index (χ0v) is 20.3. The molecule has 4 aromatic rings. The van der Waals surface area contributed by atoms with Crippen LogP contribution in [-0.4, -0.2) is 20.4 Å². The van der Waals surface area contributed by atoms with Crippen molar-refractivity contribution in [2.45, 2.75) is 38.8 Å². The SMILES string of the molecule is CCC[C@@H](C(=O)NCc1ccccn1)n1c(Cc2ccccc2Cl)nc2cc(Cl)c(Cl)cc21. The highest BCUT2D eigenvalue weighted by molar-refractivity contribution is 6.42. The Hall–Kier alpha value is -2.60. The minimum Gasteiger partial charge on any atom is -0.349 e. The molecule has 0 aliphatic carbocycles. The van der Waals surface area contributed by atoms with Crippen LogP contribution < -0.4 is 5.32 Å². The highest BCUT2D eigenvalue weighted by Crippen LogP contribution is 2.33. The zero-order valence-electron chi connectivity index (χ0n) is 18.1. The second-order valence-electron chi connectivity index (χ2n) is 7.76. The van der Waals surface area contributed by atoms with Crippen LogP contribution in [0.25, 0.3) is 11.0 Å². The van der Waals surface area contributed by atoms with Gasteiger partial charge in [-0.1, -0.05) is 72.4 Å². The molecule has 1 N–H and O–H groups in total. The molecule has 2 aromatic carbocycles. The summed E-state index contributed by atoms with van der Waals surface area (Å²) in [7, 11) is 0. The third-order valence-corrected chi connectivity index (χ3v) is 6.55. The molecular formula is C25H23Cl3N4O. The van der Waals surface area contributed by atoms with E-state index in [0.717, 1.165) is 29.0 Å². The number of halogens is 3. The van der Waals surface area contributed by atoms with Gasteiger partial charge in [-0.15, -0.1) is 0 Å². The summed E-state index contributed by atoms with van der Waals surface area (Å²) in [6.45, 7) is 2.40. The number of pyridine rings is 1. The zero-order chi connectivity index (χ0) is 23.4. The number of benzene rings is 2. The molecule has 0 saturated heterocycles. The van der Waals surface area contributed by atoms with Crippen molar-refractivity contribution < 1.29 is 4.79 Å². The average Bonchev–Trinajstić information content (AvgIpc) is 3.14. The third kappa shape index (κ3) is 5.32. The largest absolute Gasteiger partial charge is 0.349 e. The van der Waals surface area contributed by atoms with E-state index in [4.69, 9.17) is 39.8 Å². The predicted octanol–water partition coefficient (Wildman–Crippen LogP) is 6.64. The average molecular weight is 502 g/mol. The van der Waals surface area contributed by atoms with Crippen LogP contribution in [0.1, 0.15) is 42.9 Å². The van der Waals surface area contributed by atoms with E-state index in [1.54, 1.807) is 18.3 Å². The van der Waals surface area contributed by atoms with E-state index in [9.17, 15) is 4.79 Å². The minimum atomic E-state index is -0.474. The van der Waals surface area contributed by atoms with Gasteiger partial charge >= 0.3 is 0 Å². The number of nitrogens with zero attached hydrogens (tertiary/aromatic N) is 3. The minimum absolute atomic E-state index is 0.103. The van der Waals surface area contributed by atoms with Crippen LogP contribution in [0.15, 0.2) is 60.8 Å². The van der Waals surface area contributed by atoms with Crippen LogP contribution in [0.2, 0.25) is 15.1 Å². The third-order valence-electron chi connectivity index (χ3n) is 5.46. The number of aromatic nitrogens is 3.